The van der Waals surface area contributed by atoms with E-state index in [4.69, 9.17) is 5.73 Å². The van der Waals surface area contributed by atoms with Crippen molar-refractivity contribution < 1.29 is 19.5 Å². The highest BCUT2D eigenvalue weighted by Gasteiger charge is 2.39. The fourth-order valence-corrected chi connectivity index (χ4v) is 1.36. The molecule has 0 radical (unpaired) electrons. The number of carbonyl (C=O) groups is 3. The Morgan fingerprint density at radius 1 is 1.12 bits per heavy atom. The number of carbonyl (C=O) groups excluding carboxylic acids is 3. The summed E-state index contributed by atoms with van der Waals surface area (Å²) in [5.41, 5.74) is 2.87. The molecule has 0 aliphatic heterocycles. The number of likely N-dealkylation sites (N-methyl/N-ethyl adjacent to an activating group) is 1. The van der Waals surface area contributed by atoms with Gasteiger partial charge in [0.1, 0.15) is 0 Å². The lowest BCUT2D eigenvalue weighted by molar-refractivity contribution is -0.149. The van der Waals surface area contributed by atoms with E-state index in [2.05, 4.69) is 10.6 Å². The molecular formula is C10H19N3O4. The second-order valence-electron chi connectivity index (χ2n) is 3.66. The molecule has 7 heteroatoms. The van der Waals surface area contributed by atoms with Crippen LogP contribution in [0.1, 0.15) is 26.7 Å². The van der Waals surface area contributed by atoms with Crippen LogP contribution in [0.5, 0.6) is 0 Å². The molecule has 0 spiro atoms. The van der Waals surface area contributed by atoms with Crippen LogP contribution < -0.4 is 16.4 Å². The molecule has 0 aromatic rings. The van der Waals surface area contributed by atoms with Crippen molar-refractivity contribution >= 4 is 17.7 Å². The molecule has 0 rings (SSSR count). The molecule has 0 saturated heterocycles. The van der Waals surface area contributed by atoms with Crippen LogP contribution in [0.4, 0.5) is 0 Å². The van der Waals surface area contributed by atoms with Crippen molar-refractivity contribution in [2.45, 2.75) is 32.3 Å². The second kappa shape index (κ2) is 6.85. The Bertz CT molecular complexity index is 306. The first-order valence-corrected chi connectivity index (χ1v) is 5.41. The third-order valence-electron chi connectivity index (χ3n) is 2.05. The number of amides is 3. The molecule has 1 atom stereocenters. The Morgan fingerprint density at radius 2 is 1.65 bits per heavy atom. The largest absolute Gasteiger partial charge is 0.379 e. The minimum Gasteiger partial charge on any atom is -0.379 e. The lowest BCUT2D eigenvalue weighted by Gasteiger charge is -2.24. The average molecular weight is 245 g/mol. The molecule has 0 saturated carbocycles. The highest BCUT2D eigenvalue weighted by atomic mass is 16.3. The quantitative estimate of drug-likeness (QED) is 0.425. The second-order valence-corrected chi connectivity index (χ2v) is 3.66. The molecule has 0 aliphatic carbocycles. The maximum Gasteiger partial charge on any atom is 0.253 e. The number of nitrogens with one attached hydrogen (secondary N) is 2. The summed E-state index contributed by atoms with van der Waals surface area (Å²) < 4.78 is 0. The molecule has 7 nitrogen and oxygen atoms in total. The van der Waals surface area contributed by atoms with Crippen LogP contribution in [0.25, 0.3) is 0 Å². The van der Waals surface area contributed by atoms with Gasteiger partial charge < -0.3 is 21.5 Å². The first kappa shape index (κ1) is 15.4. The molecule has 1 unspecified atom stereocenters. The third kappa shape index (κ3) is 5.30. The van der Waals surface area contributed by atoms with Gasteiger partial charge >= 0.3 is 0 Å². The van der Waals surface area contributed by atoms with Gasteiger partial charge in [0.25, 0.3) is 5.91 Å². The minimum atomic E-state index is -2.08. The molecule has 3 amide bonds. The molecular weight excluding hydrogens is 226 g/mol. The highest BCUT2D eigenvalue weighted by Crippen LogP contribution is 2.15. The van der Waals surface area contributed by atoms with Crippen molar-refractivity contribution in [1.82, 2.24) is 10.6 Å². The Labute approximate surface area is 99.7 Å². The number of primary amides is 1. The Morgan fingerprint density at radius 3 is 2.06 bits per heavy atom. The normalized spacial score (nSPS) is 13.6. The number of rotatable bonds is 7. The Balaban J connectivity index is 4.77. The van der Waals surface area contributed by atoms with Crippen molar-refractivity contribution in [3.05, 3.63) is 0 Å². The summed E-state index contributed by atoms with van der Waals surface area (Å²) in [4.78, 5) is 33.8. The van der Waals surface area contributed by atoms with Crippen LogP contribution in [-0.4, -0.2) is 41.5 Å². The SMILES string of the molecule is CCNC(=O)CC(O)(CC(N)=O)C(=O)NCC. The fourth-order valence-electron chi connectivity index (χ4n) is 1.36. The number of hydrogen-bond donors (Lipinski definition) is 4. The van der Waals surface area contributed by atoms with E-state index in [9.17, 15) is 19.5 Å². The van der Waals surface area contributed by atoms with Crippen LogP contribution in [0, 0.1) is 0 Å². The van der Waals surface area contributed by atoms with Gasteiger partial charge in [-0.25, -0.2) is 0 Å². The molecule has 0 aromatic carbocycles. The van der Waals surface area contributed by atoms with Crippen LogP contribution in [-0.2, 0) is 14.4 Å². The number of aliphatic hydroxyl groups is 1. The van der Waals surface area contributed by atoms with Crippen LogP contribution in [0.3, 0.4) is 0 Å². The van der Waals surface area contributed by atoms with Crippen LogP contribution in [0.15, 0.2) is 0 Å². The molecule has 0 fully saturated rings. The average Bonchev–Trinajstić information content (AvgIpc) is 2.16. The zero-order valence-electron chi connectivity index (χ0n) is 10.1. The monoisotopic (exact) mass is 245 g/mol. The van der Waals surface area contributed by atoms with E-state index in [1.807, 2.05) is 0 Å². The maximum absolute atomic E-state index is 11.6. The van der Waals surface area contributed by atoms with Crippen molar-refractivity contribution in [2.75, 3.05) is 13.1 Å². The van der Waals surface area contributed by atoms with Crippen molar-refractivity contribution in [1.29, 1.82) is 0 Å². The van der Waals surface area contributed by atoms with Crippen LogP contribution in [0.2, 0.25) is 0 Å². The summed E-state index contributed by atoms with van der Waals surface area (Å²) in [6.07, 6.45) is -1.08. The molecule has 17 heavy (non-hydrogen) atoms. The first-order valence-electron chi connectivity index (χ1n) is 5.41. The molecule has 5 N–H and O–H groups in total. The zero-order valence-corrected chi connectivity index (χ0v) is 10.1. The molecule has 98 valence electrons. The van der Waals surface area contributed by atoms with Gasteiger partial charge in [0.15, 0.2) is 5.60 Å². The topological polar surface area (TPSA) is 122 Å². The van der Waals surface area contributed by atoms with Gasteiger partial charge in [-0.1, -0.05) is 0 Å². The molecule has 0 aromatic heterocycles. The smallest absolute Gasteiger partial charge is 0.253 e. The van der Waals surface area contributed by atoms with E-state index in [1.165, 1.54) is 0 Å². The summed E-state index contributed by atoms with van der Waals surface area (Å²) in [6, 6.07) is 0. The fraction of sp³-hybridized carbons (Fsp3) is 0.700. The van der Waals surface area contributed by atoms with E-state index < -0.39 is 36.2 Å². The van der Waals surface area contributed by atoms with E-state index in [0.717, 1.165) is 0 Å². The predicted octanol–water partition coefficient (Wildman–Crippen LogP) is -1.74. The third-order valence-corrected chi connectivity index (χ3v) is 2.05. The van der Waals surface area contributed by atoms with Gasteiger partial charge in [0.05, 0.1) is 12.8 Å². The number of nitrogens with two attached hydrogens (primary N) is 1. The Kier molecular flexibility index (Phi) is 6.19. The van der Waals surface area contributed by atoms with Gasteiger partial charge in [0, 0.05) is 13.1 Å². The standard InChI is InChI=1S/C10H19N3O4/c1-3-12-8(15)6-10(17,5-7(11)14)9(16)13-4-2/h17H,3-6H2,1-2H3,(H2,11,14)(H,12,15)(H,13,16). The van der Waals surface area contributed by atoms with E-state index in [-0.39, 0.29) is 6.54 Å². The van der Waals surface area contributed by atoms with Gasteiger partial charge in [-0.3, -0.25) is 14.4 Å². The van der Waals surface area contributed by atoms with Crippen molar-refractivity contribution in [2.24, 2.45) is 5.73 Å². The molecule has 0 heterocycles. The lowest BCUT2D eigenvalue weighted by atomic mass is 9.93. The minimum absolute atomic E-state index is 0.287. The summed E-state index contributed by atoms with van der Waals surface area (Å²) in [5, 5.41) is 14.8. The molecule has 0 aliphatic rings. The first-order chi connectivity index (χ1) is 7.85. The van der Waals surface area contributed by atoms with Gasteiger partial charge in [0.2, 0.25) is 11.8 Å². The van der Waals surface area contributed by atoms with E-state index in [0.29, 0.717) is 6.54 Å². The summed E-state index contributed by atoms with van der Waals surface area (Å²) >= 11 is 0. The number of hydrogen-bond acceptors (Lipinski definition) is 4. The Hall–Kier alpha value is -1.63. The van der Waals surface area contributed by atoms with Crippen molar-refractivity contribution in [3.8, 4) is 0 Å². The van der Waals surface area contributed by atoms with Gasteiger partial charge in [-0.05, 0) is 13.8 Å². The lowest BCUT2D eigenvalue weighted by Crippen LogP contribution is -2.51. The zero-order chi connectivity index (χ0) is 13.5. The van der Waals surface area contributed by atoms with E-state index in [1.54, 1.807) is 13.8 Å². The van der Waals surface area contributed by atoms with Crippen LogP contribution >= 0.6 is 0 Å². The van der Waals surface area contributed by atoms with Gasteiger partial charge in [-0.15, -0.1) is 0 Å². The summed E-state index contributed by atoms with van der Waals surface area (Å²) in [6.45, 7) is 4.03. The molecule has 0 bridgehead atoms. The summed E-state index contributed by atoms with van der Waals surface area (Å²) in [5.74, 6) is -2.13. The maximum atomic E-state index is 11.6. The van der Waals surface area contributed by atoms with Crippen molar-refractivity contribution in [3.63, 3.8) is 0 Å². The highest BCUT2D eigenvalue weighted by molar-refractivity contribution is 5.94. The summed E-state index contributed by atoms with van der Waals surface area (Å²) in [7, 11) is 0. The van der Waals surface area contributed by atoms with Gasteiger partial charge in [-0.2, -0.15) is 0 Å². The predicted molar refractivity (Wildman–Crippen MR) is 60.7 cm³/mol. The van der Waals surface area contributed by atoms with E-state index >= 15 is 0 Å².